The Hall–Kier alpha value is -1.94. The molecule has 0 amide bonds. The van der Waals surface area contributed by atoms with Gasteiger partial charge in [-0.2, -0.15) is 5.10 Å². The molecule has 0 N–H and O–H groups in total. The predicted octanol–water partition coefficient (Wildman–Crippen LogP) is 3.77. The number of fused-ring (bicyclic) bond motifs is 2. The van der Waals surface area contributed by atoms with Crippen LogP contribution in [0.15, 0.2) is 36.0 Å². The second kappa shape index (κ2) is 4.54. The molecule has 1 saturated carbocycles. The lowest BCUT2D eigenvalue weighted by atomic mass is 9.69. The third-order valence-electron chi connectivity index (χ3n) is 5.91. The standard InChI is InChI=1S/C19H19FN2O/c1-19-9-12-10-21-22(15-5-3-14(20)4-6-15)17(12)8-13(19)2-7-16(19)18-11-23-18/h3-6,8,10,16,18H,2,7,9,11H2,1H3/t16-,18?,19+/m1/s1. The van der Waals surface area contributed by atoms with E-state index in [1.54, 1.807) is 12.1 Å². The molecule has 3 atom stereocenters. The van der Waals surface area contributed by atoms with Gasteiger partial charge in [0.2, 0.25) is 0 Å². The van der Waals surface area contributed by atoms with Crippen molar-refractivity contribution in [2.75, 3.05) is 6.61 Å². The van der Waals surface area contributed by atoms with Crippen LogP contribution in [0.5, 0.6) is 0 Å². The SMILES string of the molecule is C[C@]12Cc3cnn(-c4ccc(F)cc4)c3C=C1CC[C@@H]2C1CO1. The lowest BCUT2D eigenvalue weighted by Crippen LogP contribution is -2.31. The van der Waals surface area contributed by atoms with Gasteiger partial charge in [-0.1, -0.05) is 12.5 Å². The van der Waals surface area contributed by atoms with Crippen LogP contribution >= 0.6 is 0 Å². The zero-order chi connectivity index (χ0) is 15.6. The molecule has 0 bridgehead atoms. The molecule has 2 fully saturated rings. The number of nitrogens with zero attached hydrogens (tertiary/aromatic N) is 2. The van der Waals surface area contributed by atoms with Crippen LogP contribution in [0.2, 0.25) is 0 Å². The third-order valence-corrected chi connectivity index (χ3v) is 5.91. The summed E-state index contributed by atoms with van der Waals surface area (Å²) < 4.78 is 20.7. The summed E-state index contributed by atoms with van der Waals surface area (Å²) in [5.74, 6) is 0.417. The molecule has 1 aromatic heterocycles. The van der Waals surface area contributed by atoms with Gasteiger partial charge in [-0.05, 0) is 66.5 Å². The smallest absolute Gasteiger partial charge is 0.123 e. The Bertz CT molecular complexity index is 803. The Labute approximate surface area is 134 Å². The van der Waals surface area contributed by atoms with Crippen molar-refractivity contribution in [3.8, 4) is 5.69 Å². The first-order chi connectivity index (χ1) is 11.1. The van der Waals surface area contributed by atoms with E-state index in [0.29, 0.717) is 12.0 Å². The third kappa shape index (κ3) is 1.94. The van der Waals surface area contributed by atoms with Crippen molar-refractivity contribution in [2.45, 2.75) is 32.3 Å². The molecular weight excluding hydrogens is 291 g/mol. The molecule has 2 heterocycles. The minimum Gasteiger partial charge on any atom is -0.373 e. The van der Waals surface area contributed by atoms with Gasteiger partial charge in [0.05, 0.1) is 30.3 Å². The van der Waals surface area contributed by atoms with Gasteiger partial charge in [-0.15, -0.1) is 0 Å². The van der Waals surface area contributed by atoms with Crippen molar-refractivity contribution in [3.63, 3.8) is 0 Å². The number of halogens is 1. The van der Waals surface area contributed by atoms with Crippen LogP contribution in [0.3, 0.4) is 0 Å². The van der Waals surface area contributed by atoms with Crippen molar-refractivity contribution in [1.82, 2.24) is 9.78 Å². The number of epoxide rings is 1. The van der Waals surface area contributed by atoms with Gasteiger partial charge in [0, 0.05) is 0 Å². The molecule has 1 aliphatic heterocycles. The van der Waals surface area contributed by atoms with E-state index < -0.39 is 0 Å². The number of aromatic nitrogens is 2. The number of hydrogen-bond acceptors (Lipinski definition) is 2. The maximum absolute atomic E-state index is 13.2. The van der Waals surface area contributed by atoms with Crippen molar-refractivity contribution < 1.29 is 9.13 Å². The van der Waals surface area contributed by atoms with Gasteiger partial charge in [0.1, 0.15) is 5.82 Å². The highest BCUT2D eigenvalue weighted by molar-refractivity contribution is 5.62. The fourth-order valence-corrected chi connectivity index (χ4v) is 4.55. The van der Waals surface area contributed by atoms with Crippen LogP contribution in [-0.2, 0) is 11.2 Å². The normalized spacial score (nSPS) is 31.5. The van der Waals surface area contributed by atoms with E-state index in [-0.39, 0.29) is 11.2 Å². The topological polar surface area (TPSA) is 30.4 Å². The summed E-state index contributed by atoms with van der Waals surface area (Å²) >= 11 is 0. The van der Waals surface area contributed by atoms with Gasteiger partial charge in [0.15, 0.2) is 0 Å². The fourth-order valence-electron chi connectivity index (χ4n) is 4.55. The number of ether oxygens (including phenoxy) is 1. The van der Waals surface area contributed by atoms with Gasteiger partial charge >= 0.3 is 0 Å². The predicted molar refractivity (Wildman–Crippen MR) is 85.8 cm³/mol. The molecule has 0 radical (unpaired) electrons. The maximum Gasteiger partial charge on any atom is 0.123 e. The van der Waals surface area contributed by atoms with Crippen LogP contribution < -0.4 is 0 Å². The zero-order valence-electron chi connectivity index (χ0n) is 13.1. The zero-order valence-corrected chi connectivity index (χ0v) is 13.1. The Balaban J connectivity index is 1.57. The van der Waals surface area contributed by atoms with Gasteiger partial charge in [-0.25, -0.2) is 9.07 Å². The molecule has 2 aliphatic carbocycles. The van der Waals surface area contributed by atoms with Crippen molar-refractivity contribution in [3.05, 3.63) is 53.1 Å². The lowest BCUT2D eigenvalue weighted by Gasteiger charge is -2.35. The quantitative estimate of drug-likeness (QED) is 0.791. The minimum atomic E-state index is -0.219. The number of hydrogen-bond donors (Lipinski definition) is 0. The first-order valence-electron chi connectivity index (χ1n) is 8.31. The maximum atomic E-state index is 13.2. The lowest BCUT2D eigenvalue weighted by molar-refractivity contribution is 0.209. The number of benzene rings is 1. The first-order valence-corrected chi connectivity index (χ1v) is 8.31. The minimum absolute atomic E-state index is 0.213. The summed E-state index contributed by atoms with van der Waals surface area (Å²) in [4.78, 5) is 0. The highest BCUT2D eigenvalue weighted by Crippen LogP contribution is 2.56. The van der Waals surface area contributed by atoms with E-state index >= 15 is 0 Å². The molecule has 3 nitrogen and oxygen atoms in total. The Morgan fingerprint density at radius 3 is 2.83 bits per heavy atom. The van der Waals surface area contributed by atoms with E-state index in [0.717, 1.165) is 30.8 Å². The van der Waals surface area contributed by atoms with Crippen molar-refractivity contribution in [1.29, 1.82) is 0 Å². The Morgan fingerprint density at radius 1 is 1.30 bits per heavy atom. The number of rotatable bonds is 2. The highest BCUT2D eigenvalue weighted by atomic mass is 19.1. The fraction of sp³-hybridized carbons (Fsp3) is 0.421. The van der Waals surface area contributed by atoms with Crippen LogP contribution in [-0.4, -0.2) is 22.5 Å². The van der Waals surface area contributed by atoms with E-state index in [9.17, 15) is 4.39 Å². The average molecular weight is 310 g/mol. The summed E-state index contributed by atoms with van der Waals surface area (Å²) in [7, 11) is 0. The molecule has 1 saturated heterocycles. The van der Waals surface area contributed by atoms with Crippen LogP contribution in [0.25, 0.3) is 11.8 Å². The van der Waals surface area contributed by atoms with E-state index in [1.165, 1.54) is 29.7 Å². The van der Waals surface area contributed by atoms with E-state index in [2.05, 4.69) is 18.1 Å². The summed E-state index contributed by atoms with van der Waals surface area (Å²) in [5.41, 5.74) is 5.09. The molecule has 5 rings (SSSR count). The van der Waals surface area contributed by atoms with Crippen LogP contribution in [0.4, 0.5) is 4.39 Å². The van der Waals surface area contributed by atoms with E-state index in [1.807, 2.05) is 10.9 Å². The molecule has 1 unspecified atom stereocenters. The highest BCUT2D eigenvalue weighted by Gasteiger charge is 2.52. The molecular formula is C19H19FN2O. The van der Waals surface area contributed by atoms with Crippen molar-refractivity contribution >= 4 is 6.08 Å². The molecule has 2 aromatic rings. The summed E-state index contributed by atoms with van der Waals surface area (Å²) in [5, 5.41) is 4.56. The van der Waals surface area contributed by atoms with Gasteiger partial charge < -0.3 is 4.74 Å². The first kappa shape index (κ1) is 13.5. The number of allylic oxidation sites excluding steroid dienone is 1. The summed E-state index contributed by atoms with van der Waals surface area (Å²) in [6.07, 6.45) is 8.15. The Morgan fingerprint density at radius 2 is 2.09 bits per heavy atom. The van der Waals surface area contributed by atoms with Crippen LogP contribution in [0, 0.1) is 17.2 Å². The molecule has 1 aromatic carbocycles. The van der Waals surface area contributed by atoms with Crippen LogP contribution in [0.1, 0.15) is 31.0 Å². The molecule has 118 valence electrons. The second-order valence-electron chi connectivity index (χ2n) is 7.22. The molecule has 23 heavy (non-hydrogen) atoms. The Kier molecular flexibility index (Phi) is 2.66. The van der Waals surface area contributed by atoms with E-state index in [4.69, 9.17) is 4.74 Å². The summed E-state index contributed by atoms with van der Waals surface area (Å²) in [6, 6.07) is 6.54. The van der Waals surface area contributed by atoms with Crippen molar-refractivity contribution in [2.24, 2.45) is 11.3 Å². The summed E-state index contributed by atoms with van der Waals surface area (Å²) in [6.45, 7) is 3.31. The largest absolute Gasteiger partial charge is 0.373 e. The monoisotopic (exact) mass is 310 g/mol. The molecule has 3 aliphatic rings. The van der Waals surface area contributed by atoms with Gasteiger partial charge in [-0.3, -0.25) is 0 Å². The molecule has 4 heteroatoms. The second-order valence-corrected chi connectivity index (χ2v) is 7.22. The van der Waals surface area contributed by atoms with Gasteiger partial charge in [0.25, 0.3) is 0 Å². The molecule has 0 spiro atoms. The average Bonchev–Trinajstić information content (AvgIpc) is 3.21.